The van der Waals surface area contributed by atoms with Crippen molar-refractivity contribution in [2.24, 2.45) is 0 Å². The predicted octanol–water partition coefficient (Wildman–Crippen LogP) is 2.32. The number of nitro groups is 1. The molecule has 0 aromatic heterocycles. The molecule has 0 N–H and O–H groups in total. The highest BCUT2D eigenvalue weighted by Crippen LogP contribution is 2.32. The van der Waals surface area contributed by atoms with Crippen LogP contribution in [0.3, 0.4) is 0 Å². The molecule has 0 aliphatic heterocycles. The standard InChI is InChI=1S/C10H8F3NO5/c1-18-10(15)5-3-2-4-6(7(5)14(16)17)19-9(13)8(11)12/h2-4,8-9H,1H3. The highest BCUT2D eigenvalue weighted by molar-refractivity contribution is 5.95. The normalized spacial score (nSPS) is 12.1. The number of carbonyl (C=O) groups is 1. The quantitative estimate of drug-likeness (QED) is 0.469. The van der Waals surface area contributed by atoms with Crippen LogP contribution in [-0.4, -0.2) is 30.8 Å². The van der Waals surface area contributed by atoms with Crippen molar-refractivity contribution in [3.05, 3.63) is 33.9 Å². The lowest BCUT2D eigenvalue weighted by Gasteiger charge is -2.11. The van der Waals surface area contributed by atoms with E-state index in [0.717, 1.165) is 25.3 Å². The monoisotopic (exact) mass is 279 g/mol. The van der Waals surface area contributed by atoms with Crippen LogP contribution in [0.4, 0.5) is 18.9 Å². The maximum absolute atomic E-state index is 12.8. The van der Waals surface area contributed by atoms with Crippen LogP contribution in [0.25, 0.3) is 0 Å². The average molecular weight is 279 g/mol. The van der Waals surface area contributed by atoms with Crippen molar-refractivity contribution >= 4 is 11.7 Å². The zero-order chi connectivity index (χ0) is 14.6. The van der Waals surface area contributed by atoms with Crippen molar-refractivity contribution in [1.82, 2.24) is 0 Å². The molecule has 0 amide bonds. The third-order valence-electron chi connectivity index (χ3n) is 2.02. The largest absolute Gasteiger partial charge is 0.465 e. The van der Waals surface area contributed by atoms with Crippen molar-refractivity contribution in [2.45, 2.75) is 12.8 Å². The van der Waals surface area contributed by atoms with Gasteiger partial charge in [-0.3, -0.25) is 10.1 Å². The van der Waals surface area contributed by atoms with Gasteiger partial charge in [-0.25, -0.2) is 13.6 Å². The van der Waals surface area contributed by atoms with Gasteiger partial charge in [0.05, 0.1) is 12.0 Å². The molecule has 1 atom stereocenters. The molecule has 0 aliphatic rings. The van der Waals surface area contributed by atoms with Crippen molar-refractivity contribution in [1.29, 1.82) is 0 Å². The molecular weight excluding hydrogens is 271 g/mol. The molecule has 0 bridgehead atoms. The molecule has 1 unspecified atom stereocenters. The fraction of sp³-hybridized carbons (Fsp3) is 0.300. The summed E-state index contributed by atoms with van der Waals surface area (Å²) >= 11 is 0. The third-order valence-corrected chi connectivity index (χ3v) is 2.02. The van der Waals surface area contributed by atoms with Gasteiger partial charge in [-0.05, 0) is 12.1 Å². The summed E-state index contributed by atoms with van der Waals surface area (Å²) in [5.74, 6) is -1.84. The number of hydrogen-bond donors (Lipinski definition) is 0. The van der Waals surface area contributed by atoms with Gasteiger partial charge in [-0.15, -0.1) is 0 Å². The molecule has 1 aromatic carbocycles. The Morgan fingerprint density at radius 2 is 2.00 bits per heavy atom. The van der Waals surface area contributed by atoms with E-state index in [-0.39, 0.29) is 0 Å². The Morgan fingerprint density at radius 1 is 1.37 bits per heavy atom. The molecular formula is C10H8F3NO5. The molecule has 0 aliphatic carbocycles. The highest BCUT2D eigenvalue weighted by Gasteiger charge is 2.30. The van der Waals surface area contributed by atoms with Crippen LogP contribution in [0.2, 0.25) is 0 Å². The summed E-state index contributed by atoms with van der Waals surface area (Å²) in [6, 6.07) is 3.05. The third kappa shape index (κ3) is 3.33. The van der Waals surface area contributed by atoms with Gasteiger partial charge in [-0.2, -0.15) is 4.39 Å². The molecule has 0 fully saturated rings. The van der Waals surface area contributed by atoms with E-state index in [1.54, 1.807) is 0 Å². The number of esters is 1. The van der Waals surface area contributed by atoms with Gasteiger partial charge >= 0.3 is 18.1 Å². The smallest absolute Gasteiger partial charge is 0.345 e. The lowest BCUT2D eigenvalue weighted by molar-refractivity contribution is -0.386. The van der Waals surface area contributed by atoms with Gasteiger partial charge in [0.2, 0.25) is 5.75 Å². The minimum Gasteiger partial charge on any atom is -0.465 e. The Labute approximate surface area is 104 Å². The van der Waals surface area contributed by atoms with Gasteiger partial charge in [0.1, 0.15) is 5.56 Å². The van der Waals surface area contributed by atoms with Gasteiger partial charge in [0.15, 0.2) is 0 Å². The Hall–Kier alpha value is -2.32. The minimum atomic E-state index is -3.47. The van der Waals surface area contributed by atoms with Crippen molar-refractivity contribution in [2.75, 3.05) is 7.11 Å². The maximum atomic E-state index is 12.8. The lowest BCUT2D eigenvalue weighted by Crippen LogP contribution is -2.20. The first-order chi connectivity index (χ1) is 8.88. The summed E-state index contributed by atoms with van der Waals surface area (Å²) in [7, 11) is 0.983. The molecule has 1 rings (SSSR count). The number of nitro benzene ring substituents is 1. The number of benzene rings is 1. The summed E-state index contributed by atoms with van der Waals surface area (Å²) in [6.07, 6.45) is -6.51. The van der Waals surface area contributed by atoms with E-state index in [4.69, 9.17) is 0 Å². The number of alkyl halides is 3. The molecule has 104 valence electrons. The van der Waals surface area contributed by atoms with Crippen molar-refractivity contribution < 1.29 is 32.4 Å². The Kier molecular flexibility index (Phi) is 4.67. The lowest BCUT2D eigenvalue weighted by atomic mass is 10.1. The summed E-state index contributed by atoms with van der Waals surface area (Å²) in [5, 5.41) is 10.8. The van der Waals surface area contributed by atoms with E-state index in [2.05, 4.69) is 9.47 Å². The summed E-state index contributed by atoms with van der Waals surface area (Å²) in [4.78, 5) is 21.1. The molecule has 0 spiro atoms. The van der Waals surface area contributed by atoms with E-state index >= 15 is 0 Å². The van der Waals surface area contributed by atoms with Crippen molar-refractivity contribution in [3.8, 4) is 5.75 Å². The SMILES string of the molecule is COC(=O)c1cccc(OC(F)C(F)F)c1[N+](=O)[O-]. The fourth-order valence-corrected chi connectivity index (χ4v) is 1.25. The summed E-state index contributed by atoms with van der Waals surface area (Å²) in [6.45, 7) is 0. The molecule has 0 heterocycles. The van der Waals surface area contributed by atoms with Gasteiger partial charge in [0.25, 0.3) is 6.36 Å². The fourth-order valence-electron chi connectivity index (χ4n) is 1.25. The molecule has 1 aromatic rings. The zero-order valence-corrected chi connectivity index (χ0v) is 9.51. The van der Waals surface area contributed by atoms with Gasteiger partial charge < -0.3 is 9.47 Å². The van der Waals surface area contributed by atoms with E-state index in [9.17, 15) is 28.1 Å². The molecule has 9 heteroatoms. The van der Waals surface area contributed by atoms with Crippen LogP contribution in [-0.2, 0) is 4.74 Å². The Morgan fingerprint density at radius 3 is 2.47 bits per heavy atom. The first kappa shape index (κ1) is 14.7. The topological polar surface area (TPSA) is 78.7 Å². The van der Waals surface area contributed by atoms with Crippen LogP contribution in [0, 0.1) is 10.1 Å². The van der Waals surface area contributed by atoms with Crippen LogP contribution in [0.15, 0.2) is 18.2 Å². The van der Waals surface area contributed by atoms with Gasteiger partial charge in [0, 0.05) is 0 Å². The van der Waals surface area contributed by atoms with Crippen LogP contribution >= 0.6 is 0 Å². The van der Waals surface area contributed by atoms with E-state index in [0.29, 0.717) is 0 Å². The number of methoxy groups -OCH3 is 1. The number of carbonyl (C=O) groups excluding carboxylic acids is 1. The van der Waals surface area contributed by atoms with Crippen molar-refractivity contribution in [3.63, 3.8) is 0 Å². The first-order valence-electron chi connectivity index (χ1n) is 4.83. The predicted molar refractivity (Wildman–Crippen MR) is 56.0 cm³/mol. The van der Waals surface area contributed by atoms with E-state index in [1.807, 2.05) is 0 Å². The number of para-hydroxylation sites is 1. The van der Waals surface area contributed by atoms with Crippen LogP contribution in [0.5, 0.6) is 5.75 Å². The molecule has 0 saturated carbocycles. The molecule has 0 radical (unpaired) electrons. The Bertz CT molecular complexity index is 494. The maximum Gasteiger partial charge on any atom is 0.345 e. The summed E-state index contributed by atoms with van der Waals surface area (Å²) in [5.41, 5.74) is -1.45. The second-order valence-corrected chi connectivity index (χ2v) is 3.20. The number of ether oxygens (including phenoxy) is 2. The minimum absolute atomic E-state index is 0.522. The van der Waals surface area contributed by atoms with Gasteiger partial charge in [-0.1, -0.05) is 6.07 Å². The first-order valence-corrected chi connectivity index (χ1v) is 4.83. The molecule has 19 heavy (non-hydrogen) atoms. The second kappa shape index (κ2) is 6.03. The summed E-state index contributed by atoms with van der Waals surface area (Å²) < 4.78 is 45.2. The van der Waals surface area contributed by atoms with Crippen LogP contribution < -0.4 is 4.74 Å². The highest BCUT2D eigenvalue weighted by atomic mass is 19.3. The molecule has 6 nitrogen and oxygen atoms in total. The van der Waals surface area contributed by atoms with E-state index in [1.165, 1.54) is 0 Å². The number of halogens is 3. The Balaban J connectivity index is 3.25. The average Bonchev–Trinajstić information content (AvgIpc) is 2.36. The number of nitrogens with zero attached hydrogens (tertiary/aromatic N) is 1. The zero-order valence-electron chi connectivity index (χ0n) is 9.51. The van der Waals surface area contributed by atoms with Crippen LogP contribution in [0.1, 0.15) is 10.4 Å². The van der Waals surface area contributed by atoms with E-state index < -0.39 is 40.7 Å². The number of rotatable bonds is 5. The molecule has 0 saturated heterocycles. The number of hydrogen-bond acceptors (Lipinski definition) is 5. The second-order valence-electron chi connectivity index (χ2n) is 3.20.